The Balaban J connectivity index is 1.72. The molecule has 0 aliphatic heterocycles. The lowest BCUT2D eigenvalue weighted by Crippen LogP contribution is -2.13. The van der Waals surface area contributed by atoms with Crippen LogP contribution in [-0.4, -0.2) is 25.4 Å². The van der Waals surface area contributed by atoms with Crippen LogP contribution >= 0.6 is 0 Å². The largest absolute Gasteiger partial charge is 0.383 e. The maximum absolute atomic E-state index is 6.19. The molecule has 6 heteroatoms. The van der Waals surface area contributed by atoms with Crippen molar-refractivity contribution in [2.24, 2.45) is 10.7 Å². The third-order valence-electron chi connectivity index (χ3n) is 4.52. The number of hydrogen-bond acceptors (Lipinski definition) is 4. The highest BCUT2D eigenvalue weighted by atomic mass is 15.1. The number of nitrogens with zero attached hydrogens (tertiary/aromatic N) is 5. The number of nitrogens with two attached hydrogens (primary N) is 1. The zero-order valence-corrected chi connectivity index (χ0v) is 16.2. The minimum atomic E-state index is 0.273. The van der Waals surface area contributed by atoms with Crippen LogP contribution in [0.1, 0.15) is 36.8 Å². The van der Waals surface area contributed by atoms with E-state index in [9.17, 15) is 0 Å². The van der Waals surface area contributed by atoms with Crippen molar-refractivity contribution < 1.29 is 0 Å². The Kier molecular flexibility index (Phi) is 4.61. The van der Waals surface area contributed by atoms with Crippen molar-refractivity contribution in [3.05, 3.63) is 78.0 Å². The molecule has 4 rings (SSSR count). The van der Waals surface area contributed by atoms with Crippen LogP contribution in [0, 0.1) is 6.92 Å². The highest BCUT2D eigenvalue weighted by Gasteiger charge is 2.16. The molecule has 3 aromatic heterocycles. The summed E-state index contributed by atoms with van der Waals surface area (Å²) < 4.78 is 2.10. The average Bonchev–Trinajstić information content (AvgIpc) is 3.10. The van der Waals surface area contributed by atoms with E-state index < -0.39 is 0 Å². The Hall–Kier alpha value is -3.54. The van der Waals surface area contributed by atoms with Gasteiger partial charge in [-0.05, 0) is 55.5 Å². The smallest absolute Gasteiger partial charge is 0.164 e. The molecule has 0 bridgehead atoms. The van der Waals surface area contributed by atoms with E-state index in [0.29, 0.717) is 5.84 Å². The second kappa shape index (κ2) is 7.23. The van der Waals surface area contributed by atoms with Crippen molar-refractivity contribution >= 4 is 22.7 Å². The van der Waals surface area contributed by atoms with Gasteiger partial charge in [0.1, 0.15) is 17.2 Å². The number of aryl methyl sites for hydroxylation is 1. The second-order valence-corrected chi connectivity index (χ2v) is 7.01. The summed E-state index contributed by atoms with van der Waals surface area (Å²) in [5, 5.41) is 0. The van der Waals surface area contributed by atoms with Crippen LogP contribution in [0.4, 0.5) is 5.69 Å². The highest BCUT2D eigenvalue weighted by Crippen LogP contribution is 2.25. The zero-order chi connectivity index (χ0) is 19.7. The van der Waals surface area contributed by atoms with Crippen LogP contribution in [0.5, 0.6) is 0 Å². The Morgan fingerprint density at radius 2 is 1.82 bits per heavy atom. The fraction of sp³-hybridized carbons (Fsp3) is 0.182. The minimum Gasteiger partial charge on any atom is -0.383 e. The monoisotopic (exact) mass is 370 g/mol. The summed E-state index contributed by atoms with van der Waals surface area (Å²) in [5.74, 6) is 1.71. The number of rotatable bonds is 4. The molecule has 3 heterocycles. The molecule has 0 saturated carbocycles. The molecule has 0 atom stereocenters. The van der Waals surface area contributed by atoms with E-state index in [1.807, 2.05) is 55.5 Å². The number of pyridine rings is 2. The first-order valence-electron chi connectivity index (χ1n) is 9.24. The van der Waals surface area contributed by atoms with Crippen molar-refractivity contribution in [1.29, 1.82) is 0 Å². The normalized spacial score (nSPS) is 12.1. The van der Waals surface area contributed by atoms with Gasteiger partial charge in [-0.1, -0.05) is 13.8 Å². The van der Waals surface area contributed by atoms with E-state index in [2.05, 4.69) is 33.4 Å². The van der Waals surface area contributed by atoms with Gasteiger partial charge in [-0.25, -0.2) is 15.0 Å². The topological polar surface area (TPSA) is 82.0 Å². The summed E-state index contributed by atoms with van der Waals surface area (Å²) in [6.45, 7) is 6.20. The van der Waals surface area contributed by atoms with Crippen LogP contribution in [-0.2, 0) is 0 Å². The lowest BCUT2D eigenvalue weighted by molar-refractivity contribution is 0.757. The molecule has 0 aliphatic rings. The van der Waals surface area contributed by atoms with Crippen molar-refractivity contribution in [2.75, 3.05) is 0 Å². The molecule has 0 unspecified atom stereocenters. The zero-order valence-electron chi connectivity index (χ0n) is 16.2. The number of fused-ring (bicyclic) bond motifs is 1. The summed E-state index contributed by atoms with van der Waals surface area (Å²) in [7, 11) is 0. The van der Waals surface area contributed by atoms with Crippen molar-refractivity contribution in [2.45, 2.75) is 26.7 Å². The average molecular weight is 370 g/mol. The molecular formula is C22H22N6. The first kappa shape index (κ1) is 17.9. The summed E-state index contributed by atoms with van der Waals surface area (Å²) >= 11 is 0. The predicted octanol–water partition coefficient (Wildman–Crippen LogP) is 4.28. The van der Waals surface area contributed by atoms with E-state index in [-0.39, 0.29) is 5.92 Å². The molecular weight excluding hydrogens is 348 g/mol. The number of amidine groups is 1. The maximum Gasteiger partial charge on any atom is 0.164 e. The Morgan fingerprint density at radius 1 is 1.04 bits per heavy atom. The van der Waals surface area contributed by atoms with Gasteiger partial charge in [0.15, 0.2) is 5.65 Å². The molecule has 1 aromatic carbocycles. The van der Waals surface area contributed by atoms with E-state index >= 15 is 0 Å². The molecule has 140 valence electrons. The maximum atomic E-state index is 6.19. The van der Waals surface area contributed by atoms with Gasteiger partial charge in [0.25, 0.3) is 0 Å². The van der Waals surface area contributed by atoms with Gasteiger partial charge in [-0.15, -0.1) is 0 Å². The number of hydrogen-bond donors (Lipinski definition) is 1. The first-order valence-corrected chi connectivity index (χ1v) is 9.24. The summed E-state index contributed by atoms with van der Waals surface area (Å²) in [4.78, 5) is 18.0. The van der Waals surface area contributed by atoms with Gasteiger partial charge in [0.05, 0.1) is 11.9 Å². The predicted molar refractivity (Wildman–Crippen MR) is 112 cm³/mol. The molecule has 28 heavy (non-hydrogen) atoms. The van der Waals surface area contributed by atoms with E-state index in [0.717, 1.165) is 39.6 Å². The van der Waals surface area contributed by atoms with Gasteiger partial charge in [0.2, 0.25) is 0 Å². The fourth-order valence-electron chi connectivity index (χ4n) is 3.08. The molecule has 0 fully saturated rings. The number of aliphatic imine (C=N–C) groups is 1. The Bertz CT molecular complexity index is 1140. The molecule has 0 spiro atoms. The highest BCUT2D eigenvalue weighted by molar-refractivity contribution is 5.99. The molecule has 2 N–H and O–H groups in total. The third-order valence-corrected chi connectivity index (χ3v) is 4.52. The number of aromatic nitrogens is 4. The SMILES string of the molecule is Cc1ccc(N=C(N)c2ccc(-n3c(C(C)C)nc4cccnc43)cc2)cn1. The molecule has 0 saturated heterocycles. The van der Waals surface area contributed by atoms with Gasteiger partial charge in [0, 0.05) is 29.1 Å². The number of imidazole rings is 1. The molecule has 0 amide bonds. The summed E-state index contributed by atoms with van der Waals surface area (Å²) in [6.07, 6.45) is 3.51. The van der Waals surface area contributed by atoms with Crippen molar-refractivity contribution in [3.63, 3.8) is 0 Å². The van der Waals surface area contributed by atoms with Crippen LogP contribution in [0.15, 0.2) is 65.9 Å². The quantitative estimate of drug-likeness (QED) is 0.429. The van der Waals surface area contributed by atoms with E-state index in [4.69, 9.17) is 10.7 Å². The lowest BCUT2D eigenvalue weighted by atomic mass is 10.1. The molecule has 6 nitrogen and oxygen atoms in total. The standard InChI is InChI=1S/C22H22N6/c1-14(2)21-27-19-5-4-12-24-22(19)28(21)18-10-7-16(8-11-18)20(23)26-17-9-6-15(3)25-13-17/h4-14H,1-3H3,(H2,23,26). The van der Waals surface area contributed by atoms with Gasteiger partial charge >= 0.3 is 0 Å². The second-order valence-electron chi connectivity index (χ2n) is 7.01. The van der Waals surface area contributed by atoms with E-state index in [1.165, 1.54) is 0 Å². The molecule has 0 aliphatic carbocycles. The van der Waals surface area contributed by atoms with Gasteiger partial charge in [-0.3, -0.25) is 9.55 Å². The lowest BCUT2D eigenvalue weighted by Gasteiger charge is -2.11. The fourth-order valence-corrected chi connectivity index (χ4v) is 3.08. The molecule has 4 aromatic rings. The van der Waals surface area contributed by atoms with Crippen LogP contribution in [0.3, 0.4) is 0 Å². The summed E-state index contributed by atoms with van der Waals surface area (Å²) in [6, 6.07) is 15.7. The van der Waals surface area contributed by atoms with Crippen molar-refractivity contribution in [1.82, 2.24) is 19.5 Å². The number of benzene rings is 1. The van der Waals surface area contributed by atoms with Crippen LogP contribution < -0.4 is 5.73 Å². The van der Waals surface area contributed by atoms with Crippen molar-refractivity contribution in [3.8, 4) is 5.69 Å². The van der Waals surface area contributed by atoms with E-state index in [1.54, 1.807) is 12.4 Å². The van der Waals surface area contributed by atoms with Gasteiger partial charge < -0.3 is 5.73 Å². The minimum absolute atomic E-state index is 0.273. The Morgan fingerprint density at radius 3 is 2.50 bits per heavy atom. The third kappa shape index (κ3) is 3.36. The first-order chi connectivity index (χ1) is 13.5. The van der Waals surface area contributed by atoms with Crippen LogP contribution in [0.25, 0.3) is 16.9 Å². The molecule has 0 radical (unpaired) electrons. The van der Waals surface area contributed by atoms with Crippen LogP contribution in [0.2, 0.25) is 0 Å². The van der Waals surface area contributed by atoms with Gasteiger partial charge in [-0.2, -0.15) is 0 Å². The Labute approximate surface area is 163 Å². The summed E-state index contributed by atoms with van der Waals surface area (Å²) in [5.41, 5.74) is 11.5.